The zero-order valence-electron chi connectivity index (χ0n) is 14.7. The van der Waals surface area contributed by atoms with Crippen LogP contribution in [0.2, 0.25) is 0 Å². The van der Waals surface area contributed by atoms with E-state index in [4.69, 9.17) is 4.74 Å². The molecule has 0 fully saturated rings. The van der Waals surface area contributed by atoms with Gasteiger partial charge in [0.05, 0.1) is 17.9 Å². The summed E-state index contributed by atoms with van der Waals surface area (Å²) in [4.78, 5) is 12.4. The van der Waals surface area contributed by atoms with Gasteiger partial charge < -0.3 is 9.84 Å². The van der Waals surface area contributed by atoms with E-state index in [2.05, 4.69) is 10.5 Å². The Morgan fingerprint density at radius 3 is 2.38 bits per heavy atom. The van der Waals surface area contributed by atoms with Crippen molar-refractivity contribution < 1.29 is 14.6 Å². The van der Waals surface area contributed by atoms with Gasteiger partial charge in [0.2, 0.25) is 0 Å². The molecule has 0 aliphatic carbocycles. The molecule has 0 radical (unpaired) electrons. The molecule has 0 aromatic heterocycles. The molecule has 5 nitrogen and oxygen atoms in total. The molecule has 0 aliphatic rings. The molecule has 0 unspecified atom stereocenters. The minimum atomic E-state index is -0.460. The number of nitrogens with zero attached hydrogens (tertiary/aromatic N) is 1. The smallest absolute Gasteiger partial charge is 0.275 e. The first-order valence-electron chi connectivity index (χ1n) is 8.38. The van der Waals surface area contributed by atoms with Gasteiger partial charge in [0, 0.05) is 0 Å². The third-order valence-electron chi connectivity index (χ3n) is 4.02. The third-order valence-corrected chi connectivity index (χ3v) is 4.02. The van der Waals surface area contributed by atoms with Crippen molar-refractivity contribution in [2.45, 2.75) is 13.8 Å². The maximum Gasteiger partial charge on any atom is 0.275 e. The number of nitrogens with one attached hydrogen (secondary N) is 1. The van der Waals surface area contributed by atoms with Crippen molar-refractivity contribution in [2.24, 2.45) is 5.10 Å². The van der Waals surface area contributed by atoms with Crippen molar-refractivity contribution in [1.29, 1.82) is 0 Å². The highest BCUT2D eigenvalue weighted by atomic mass is 16.5. The largest absolute Gasteiger partial charge is 0.507 e. The minimum absolute atomic E-state index is 0.0740. The van der Waals surface area contributed by atoms with Crippen LogP contribution in [0.5, 0.6) is 11.5 Å². The monoisotopic (exact) mass is 348 g/mol. The predicted molar refractivity (Wildman–Crippen MR) is 103 cm³/mol. The lowest BCUT2D eigenvalue weighted by Crippen LogP contribution is -2.19. The Morgan fingerprint density at radius 1 is 1.08 bits per heavy atom. The summed E-state index contributed by atoms with van der Waals surface area (Å²) >= 11 is 0. The van der Waals surface area contributed by atoms with E-state index in [1.807, 2.05) is 55.5 Å². The van der Waals surface area contributed by atoms with Crippen LogP contribution in [0.15, 0.2) is 65.8 Å². The second kappa shape index (κ2) is 7.70. The van der Waals surface area contributed by atoms with Crippen LogP contribution in [0, 0.1) is 0 Å². The standard InChI is InChI=1S/C21H20N2O3/c1-3-26-18-10-8-15(9-11-18)14(2)22-23-21(25)19-12-16-6-4-5-7-17(16)13-20(19)24/h4-13,24H,3H2,1-2H3,(H,23,25)/b22-14+. The number of amides is 1. The van der Waals surface area contributed by atoms with Crippen molar-refractivity contribution >= 4 is 22.4 Å². The lowest BCUT2D eigenvalue weighted by Gasteiger charge is -2.07. The highest BCUT2D eigenvalue weighted by Gasteiger charge is 2.12. The number of phenolic OH excluding ortho intramolecular Hbond substituents is 1. The molecule has 0 saturated heterocycles. The normalized spacial score (nSPS) is 11.4. The quantitative estimate of drug-likeness (QED) is 0.539. The number of carbonyl (C=O) groups is 1. The van der Waals surface area contributed by atoms with E-state index in [1.165, 1.54) is 0 Å². The van der Waals surface area contributed by atoms with Gasteiger partial charge in [-0.2, -0.15) is 5.10 Å². The zero-order chi connectivity index (χ0) is 18.5. The van der Waals surface area contributed by atoms with E-state index < -0.39 is 5.91 Å². The van der Waals surface area contributed by atoms with E-state index in [-0.39, 0.29) is 11.3 Å². The van der Waals surface area contributed by atoms with Gasteiger partial charge in [-0.15, -0.1) is 0 Å². The first kappa shape index (κ1) is 17.5. The van der Waals surface area contributed by atoms with Crippen LogP contribution in [-0.4, -0.2) is 23.3 Å². The second-order valence-electron chi connectivity index (χ2n) is 5.81. The van der Waals surface area contributed by atoms with Gasteiger partial charge in [-0.3, -0.25) is 4.79 Å². The average molecular weight is 348 g/mol. The summed E-state index contributed by atoms with van der Waals surface area (Å²) < 4.78 is 5.41. The Kier molecular flexibility index (Phi) is 5.17. The molecular weight excluding hydrogens is 328 g/mol. The number of fused-ring (bicyclic) bond motifs is 1. The summed E-state index contributed by atoms with van der Waals surface area (Å²) in [6.45, 7) is 4.34. The lowest BCUT2D eigenvalue weighted by atomic mass is 10.1. The molecule has 2 N–H and O–H groups in total. The third kappa shape index (κ3) is 3.83. The van der Waals surface area contributed by atoms with Crippen LogP contribution < -0.4 is 10.2 Å². The SMILES string of the molecule is CCOc1ccc(/C(C)=N/NC(=O)c2cc3ccccc3cc2O)cc1. The molecular formula is C21H20N2O3. The summed E-state index contributed by atoms with van der Waals surface area (Å²) in [6.07, 6.45) is 0. The topological polar surface area (TPSA) is 70.9 Å². The molecule has 3 rings (SSSR count). The Hall–Kier alpha value is -3.34. The van der Waals surface area contributed by atoms with Crippen molar-refractivity contribution in [1.82, 2.24) is 5.43 Å². The first-order chi connectivity index (χ1) is 12.6. The van der Waals surface area contributed by atoms with Gasteiger partial charge in [-0.05, 0) is 66.6 Å². The molecule has 0 atom stereocenters. The number of hydrogen-bond acceptors (Lipinski definition) is 4. The van der Waals surface area contributed by atoms with E-state index in [0.29, 0.717) is 12.3 Å². The highest BCUT2D eigenvalue weighted by Crippen LogP contribution is 2.24. The molecule has 0 saturated carbocycles. The van der Waals surface area contributed by atoms with Crippen LogP contribution in [-0.2, 0) is 0 Å². The lowest BCUT2D eigenvalue weighted by molar-refractivity contribution is 0.0952. The minimum Gasteiger partial charge on any atom is -0.507 e. The summed E-state index contributed by atoms with van der Waals surface area (Å²) in [5.74, 6) is 0.253. The Morgan fingerprint density at radius 2 is 1.73 bits per heavy atom. The first-order valence-corrected chi connectivity index (χ1v) is 8.38. The molecule has 0 spiro atoms. The van der Waals surface area contributed by atoms with Gasteiger partial charge in [0.1, 0.15) is 11.5 Å². The Labute approximate surface area is 151 Å². The zero-order valence-corrected chi connectivity index (χ0v) is 14.7. The second-order valence-corrected chi connectivity index (χ2v) is 5.81. The number of hydrazone groups is 1. The fourth-order valence-corrected chi connectivity index (χ4v) is 2.63. The number of benzene rings is 3. The van der Waals surface area contributed by atoms with Crippen molar-refractivity contribution in [3.63, 3.8) is 0 Å². The van der Waals surface area contributed by atoms with Gasteiger partial charge in [-0.25, -0.2) is 5.43 Å². The van der Waals surface area contributed by atoms with Crippen LogP contribution in [0.4, 0.5) is 0 Å². The van der Waals surface area contributed by atoms with Gasteiger partial charge >= 0.3 is 0 Å². The van der Waals surface area contributed by atoms with Gasteiger partial charge in [-0.1, -0.05) is 24.3 Å². The Balaban J connectivity index is 1.77. The average Bonchev–Trinajstić information content (AvgIpc) is 2.66. The Bertz CT molecular complexity index is 963. The number of hydrogen-bond donors (Lipinski definition) is 2. The number of ether oxygens (including phenoxy) is 1. The molecule has 3 aromatic rings. The molecule has 0 heterocycles. The number of phenols is 1. The molecule has 1 amide bonds. The molecule has 0 bridgehead atoms. The summed E-state index contributed by atoms with van der Waals surface area (Å²) in [5.41, 5.74) is 4.21. The molecule has 3 aromatic carbocycles. The predicted octanol–water partition coefficient (Wildman–Crippen LogP) is 4.10. The maximum atomic E-state index is 12.4. The van der Waals surface area contributed by atoms with Gasteiger partial charge in [0.25, 0.3) is 5.91 Å². The number of carbonyl (C=O) groups excluding carboxylic acids is 1. The van der Waals surface area contributed by atoms with Crippen molar-refractivity contribution in [2.75, 3.05) is 6.61 Å². The van der Waals surface area contributed by atoms with E-state index in [9.17, 15) is 9.90 Å². The number of aromatic hydroxyl groups is 1. The van der Waals surface area contributed by atoms with Crippen LogP contribution in [0.25, 0.3) is 10.8 Å². The summed E-state index contributed by atoms with van der Waals surface area (Å²) in [6, 6.07) is 18.2. The maximum absolute atomic E-state index is 12.4. The van der Waals surface area contributed by atoms with E-state index >= 15 is 0 Å². The van der Waals surface area contributed by atoms with Gasteiger partial charge in [0.15, 0.2) is 0 Å². The summed E-state index contributed by atoms with van der Waals surface area (Å²) in [5, 5.41) is 16.0. The molecule has 5 heteroatoms. The molecule has 132 valence electrons. The number of rotatable bonds is 5. The highest BCUT2D eigenvalue weighted by molar-refractivity contribution is 6.03. The van der Waals surface area contributed by atoms with Crippen molar-refractivity contribution in [3.8, 4) is 11.5 Å². The van der Waals surface area contributed by atoms with Crippen molar-refractivity contribution in [3.05, 3.63) is 71.8 Å². The molecule has 0 aliphatic heterocycles. The van der Waals surface area contributed by atoms with Crippen LogP contribution in [0.3, 0.4) is 0 Å². The fourth-order valence-electron chi connectivity index (χ4n) is 2.63. The van der Waals surface area contributed by atoms with Crippen LogP contribution in [0.1, 0.15) is 29.8 Å². The van der Waals surface area contributed by atoms with Crippen LogP contribution >= 0.6 is 0 Å². The van der Waals surface area contributed by atoms with E-state index in [0.717, 1.165) is 22.1 Å². The fraction of sp³-hybridized carbons (Fsp3) is 0.143. The summed E-state index contributed by atoms with van der Waals surface area (Å²) in [7, 11) is 0. The molecule has 26 heavy (non-hydrogen) atoms. The van der Waals surface area contributed by atoms with E-state index in [1.54, 1.807) is 19.1 Å².